The standard InChI is InChI=1S/C15H22ClFN2/c1-2-10-5-3-4-6-12(10)15(19-18)11-7-8-13(16)14(17)9-11/h7-10,12,15,19H,2-6,18H2,1H3. The second-order valence-electron chi connectivity index (χ2n) is 5.43. The molecule has 1 aliphatic carbocycles. The number of rotatable bonds is 4. The molecule has 2 nitrogen and oxygen atoms in total. The van der Waals surface area contributed by atoms with E-state index in [0.717, 1.165) is 18.4 Å². The summed E-state index contributed by atoms with van der Waals surface area (Å²) in [6.07, 6.45) is 6.07. The molecule has 1 aromatic carbocycles. The van der Waals surface area contributed by atoms with Crippen LogP contribution in [0.1, 0.15) is 50.6 Å². The Hall–Kier alpha value is -0.640. The van der Waals surface area contributed by atoms with Crippen molar-refractivity contribution in [2.24, 2.45) is 17.7 Å². The normalized spacial score (nSPS) is 25.3. The number of benzene rings is 1. The molecule has 106 valence electrons. The smallest absolute Gasteiger partial charge is 0.142 e. The van der Waals surface area contributed by atoms with Gasteiger partial charge in [-0.15, -0.1) is 0 Å². The summed E-state index contributed by atoms with van der Waals surface area (Å²) in [4.78, 5) is 0. The highest BCUT2D eigenvalue weighted by atomic mass is 35.5. The molecule has 0 aromatic heterocycles. The monoisotopic (exact) mass is 284 g/mol. The number of nitrogens with one attached hydrogen (secondary N) is 1. The first-order valence-corrected chi connectivity index (χ1v) is 7.46. The Bertz CT molecular complexity index is 425. The van der Waals surface area contributed by atoms with E-state index in [4.69, 9.17) is 17.4 Å². The van der Waals surface area contributed by atoms with E-state index in [2.05, 4.69) is 12.3 Å². The van der Waals surface area contributed by atoms with Gasteiger partial charge in [-0.05, 0) is 36.0 Å². The Morgan fingerprint density at radius 2 is 2.16 bits per heavy atom. The van der Waals surface area contributed by atoms with E-state index in [1.165, 1.54) is 25.3 Å². The van der Waals surface area contributed by atoms with Gasteiger partial charge in [-0.2, -0.15) is 0 Å². The molecule has 4 heteroatoms. The van der Waals surface area contributed by atoms with E-state index in [1.807, 2.05) is 6.07 Å². The molecule has 0 saturated heterocycles. The number of hydrazine groups is 1. The van der Waals surface area contributed by atoms with Gasteiger partial charge in [0.05, 0.1) is 5.02 Å². The molecule has 1 aromatic rings. The van der Waals surface area contributed by atoms with Gasteiger partial charge in [0, 0.05) is 6.04 Å². The molecule has 3 atom stereocenters. The third-order valence-electron chi connectivity index (χ3n) is 4.40. The predicted octanol–water partition coefficient (Wildman–Crippen LogP) is 4.20. The fourth-order valence-electron chi connectivity index (χ4n) is 3.35. The molecule has 0 bridgehead atoms. The highest BCUT2D eigenvalue weighted by Gasteiger charge is 2.31. The zero-order valence-corrected chi connectivity index (χ0v) is 12.1. The van der Waals surface area contributed by atoms with E-state index >= 15 is 0 Å². The van der Waals surface area contributed by atoms with Gasteiger partial charge in [0.2, 0.25) is 0 Å². The molecule has 3 N–H and O–H groups in total. The van der Waals surface area contributed by atoms with Crippen LogP contribution in [0.4, 0.5) is 4.39 Å². The van der Waals surface area contributed by atoms with E-state index in [1.54, 1.807) is 6.07 Å². The van der Waals surface area contributed by atoms with Gasteiger partial charge in [0.15, 0.2) is 0 Å². The lowest BCUT2D eigenvalue weighted by molar-refractivity contribution is 0.176. The Labute approximate surface area is 119 Å². The quantitative estimate of drug-likeness (QED) is 0.642. The van der Waals surface area contributed by atoms with Crippen LogP contribution in [-0.2, 0) is 0 Å². The molecular weight excluding hydrogens is 263 g/mol. The van der Waals surface area contributed by atoms with Gasteiger partial charge in [0.1, 0.15) is 5.82 Å². The van der Waals surface area contributed by atoms with Crippen molar-refractivity contribution in [3.63, 3.8) is 0 Å². The van der Waals surface area contributed by atoms with E-state index in [0.29, 0.717) is 11.8 Å². The molecule has 1 saturated carbocycles. The topological polar surface area (TPSA) is 38.0 Å². The van der Waals surface area contributed by atoms with Gasteiger partial charge >= 0.3 is 0 Å². The summed E-state index contributed by atoms with van der Waals surface area (Å²) >= 11 is 5.74. The van der Waals surface area contributed by atoms with Crippen LogP contribution in [0, 0.1) is 17.7 Å². The summed E-state index contributed by atoms with van der Waals surface area (Å²) in [5.74, 6) is 6.50. The van der Waals surface area contributed by atoms with Crippen molar-refractivity contribution in [3.8, 4) is 0 Å². The fraction of sp³-hybridized carbons (Fsp3) is 0.600. The third-order valence-corrected chi connectivity index (χ3v) is 4.71. The molecule has 0 amide bonds. The van der Waals surface area contributed by atoms with Crippen LogP contribution >= 0.6 is 11.6 Å². The second-order valence-corrected chi connectivity index (χ2v) is 5.84. The molecule has 1 fully saturated rings. The predicted molar refractivity (Wildman–Crippen MR) is 77.2 cm³/mol. The first-order valence-electron chi connectivity index (χ1n) is 7.08. The maximum Gasteiger partial charge on any atom is 0.142 e. The Kier molecular flexibility index (Phi) is 5.20. The summed E-state index contributed by atoms with van der Waals surface area (Å²) in [7, 11) is 0. The molecule has 3 unspecified atom stereocenters. The number of hydrogen-bond acceptors (Lipinski definition) is 2. The SMILES string of the molecule is CCC1CCCCC1C(NN)c1ccc(Cl)c(F)c1. The summed E-state index contributed by atoms with van der Waals surface area (Å²) < 4.78 is 13.6. The molecule has 0 aliphatic heterocycles. The van der Waals surface area contributed by atoms with E-state index in [9.17, 15) is 4.39 Å². The number of halogens is 2. The van der Waals surface area contributed by atoms with Crippen molar-refractivity contribution in [1.82, 2.24) is 5.43 Å². The van der Waals surface area contributed by atoms with Crippen molar-refractivity contribution in [3.05, 3.63) is 34.6 Å². The minimum absolute atomic E-state index is 0.0111. The summed E-state index contributed by atoms with van der Waals surface area (Å²) in [5.41, 5.74) is 3.79. The maximum atomic E-state index is 13.6. The third kappa shape index (κ3) is 3.28. The highest BCUT2D eigenvalue weighted by Crippen LogP contribution is 2.40. The van der Waals surface area contributed by atoms with Gasteiger partial charge in [-0.1, -0.05) is 50.3 Å². The maximum absolute atomic E-state index is 13.6. The lowest BCUT2D eigenvalue weighted by Crippen LogP contribution is -2.38. The second kappa shape index (κ2) is 6.69. The van der Waals surface area contributed by atoms with Crippen LogP contribution in [0.3, 0.4) is 0 Å². The Morgan fingerprint density at radius 1 is 1.42 bits per heavy atom. The minimum Gasteiger partial charge on any atom is -0.271 e. The summed E-state index contributed by atoms with van der Waals surface area (Å²) in [6.45, 7) is 2.22. The largest absolute Gasteiger partial charge is 0.271 e. The Balaban J connectivity index is 2.24. The van der Waals surface area contributed by atoms with Crippen LogP contribution in [0.5, 0.6) is 0 Å². The van der Waals surface area contributed by atoms with Crippen LogP contribution in [0.25, 0.3) is 0 Å². The molecule has 0 radical (unpaired) electrons. The molecule has 2 rings (SSSR count). The lowest BCUT2D eigenvalue weighted by atomic mass is 9.72. The van der Waals surface area contributed by atoms with Crippen molar-refractivity contribution >= 4 is 11.6 Å². The van der Waals surface area contributed by atoms with Crippen molar-refractivity contribution in [2.75, 3.05) is 0 Å². The van der Waals surface area contributed by atoms with Crippen molar-refractivity contribution in [1.29, 1.82) is 0 Å². The van der Waals surface area contributed by atoms with Crippen LogP contribution < -0.4 is 11.3 Å². The molecular formula is C15H22ClFN2. The zero-order valence-electron chi connectivity index (χ0n) is 11.3. The summed E-state index contributed by atoms with van der Waals surface area (Å²) in [6, 6.07) is 5.00. The van der Waals surface area contributed by atoms with Crippen molar-refractivity contribution < 1.29 is 4.39 Å². The molecule has 1 aliphatic rings. The summed E-state index contributed by atoms with van der Waals surface area (Å²) in [5, 5.41) is 0.162. The number of hydrogen-bond donors (Lipinski definition) is 2. The van der Waals surface area contributed by atoms with Crippen LogP contribution in [0.15, 0.2) is 18.2 Å². The molecule has 19 heavy (non-hydrogen) atoms. The number of nitrogens with two attached hydrogens (primary N) is 1. The fourth-order valence-corrected chi connectivity index (χ4v) is 3.47. The zero-order chi connectivity index (χ0) is 13.8. The Morgan fingerprint density at radius 3 is 2.79 bits per heavy atom. The van der Waals surface area contributed by atoms with Gasteiger partial charge in [0.25, 0.3) is 0 Å². The molecule has 0 spiro atoms. The first-order chi connectivity index (χ1) is 9.17. The van der Waals surface area contributed by atoms with Crippen LogP contribution in [-0.4, -0.2) is 0 Å². The average molecular weight is 285 g/mol. The lowest BCUT2D eigenvalue weighted by Gasteiger charge is -2.36. The van der Waals surface area contributed by atoms with Crippen molar-refractivity contribution in [2.45, 2.75) is 45.1 Å². The van der Waals surface area contributed by atoms with Crippen LogP contribution in [0.2, 0.25) is 5.02 Å². The highest BCUT2D eigenvalue weighted by molar-refractivity contribution is 6.30. The average Bonchev–Trinajstić information content (AvgIpc) is 2.44. The minimum atomic E-state index is -0.372. The van der Waals surface area contributed by atoms with Gasteiger partial charge in [-0.3, -0.25) is 11.3 Å². The van der Waals surface area contributed by atoms with E-state index in [-0.39, 0.29) is 16.9 Å². The molecule has 0 heterocycles. The van der Waals surface area contributed by atoms with Gasteiger partial charge < -0.3 is 0 Å². The van der Waals surface area contributed by atoms with Gasteiger partial charge in [-0.25, -0.2) is 4.39 Å². The van der Waals surface area contributed by atoms with E-state index < -0.39 is 0 Å². The first kappa shape index (κ1) is 14.8.